The van der Waals surface area contributed by atoms with E-state index in [0.29, 0.717) is 11.7 Å². The minimum Gasteiger partial charge on any atom is -0.382 e. The van der Waals surface area contributed by atoms with Crippen molar-refractivity contribution in [3.05, 3.63) is 12.3 Å². The molecule has 2 N–H and O–H groups in total. The van der Waals surface area contributed by atoms with Crippen LogP contribution in [0.4, 0.5) is 5.82 Å². The molecule has 0 aliphatic heterocycles. The van der Waals surface area contributed by atoms with Gasteiger partial charge in [0.25, 0.3) is 0 Å². The van der Waals surface area contributed by atoms with Crippen LogP contribution in [-0.4, -0.2) is 9.78 Å². The summed E-state index contributed by atoms with van der Waals surface area (Å²) in [6.45, 7) is 9.87. The highest BCUT2D eigenvalue weighted by Gasteiger charge is 2.22. The molecule has 0 saturated heterocycles. The molecule has 0 aliphatic rings. The molecule has 1 rings (SSSR count). The van der Waals surface area contributed by atoms with Crippen molar-refractivity contribution in [3.63, 3.8) is 0 Å². The lowest BCUT2D eigenvalue weighted by atomic mass is 9.81. The number of anilines is 1. The molecular weight excluding hydrogens is 162 g/mol. The SMILES string of the molecule is CC(C)C(C)(C)Cn1ccc(N)n1. The fourth-order valence-electron chi connectivity index (χ4n) is 1.07. The summed E-state index contributed by atoms with van der Waals surface area (Å²) in [6, 6.07) is 1.83. The van der Waals surface area contributed by atoms with Crippen LogP contribution < -0.4 is 5.73 Å². The molecule has 0 amide bonds. The third-order valence-electron chi connectivity index (χ3n) is 2.79. The monoisotopic (exact) mass is 181 g/mol. The van der Waals surface area contributed by atoms with E-state index >= 15 is 0 Å². The van der Waals surface area contributed by atoms with Crippen LogP contribution in [0, 0.1) is 11.3 Å². The maximum atomic E-state index is 5.54. The molecule has 0 atom stereocenters. The first kappa shape index (κ1) is 10.1. The van der Waals surface area contributed by atoms with Crippen LogP contribution in [-0.2, 0) is 6.54 Å². The zero-order chi connectivity index (χ0) is 10.1. The van der Waals surface area contributed by atoms with Crippen molar-refractivity contribution in [2.24, 2.45) is 11.3 Å². The summed E-state index contributed by atoms with van der Waals surface area (Å²) in [5.74, 6) is 1.23. The number of nitrogens with two attached hydrogens (primary N) is 1. The first-order valence-electron chi connectivity index (χ1n) is 4.71. The first-order chi connectivity index (χ1) is 5.92. The van der Waals surface area contributed by atoms with Gasteiger partial charge in [0, 0.05) is 12.7 Å². The molecule has 1 heterocycles. The van der Waals surface area contributed by atoms with Crippen molar-refractivity contribution in [1.82, 2.24) is 9.78 Å². The van der Waals surface area contributed by atoms with Crippen molar-refractivity contribution in [1.29, 1.82) is 0 Å². The van der Waals surface area contributed by atoms with Crippen molar-refractivity contribution in [3.8, 4) is 0 Å². The third-order valence-corrected chi connectivity index (χ3v) is 2.79. The van der Waals surface area contributed by atoms with Gasteiger partial charge < -0.3 is 5.73 Å². The Kier molecular flexibility index (Phi) is 2.64. The largest absolute Gasteiger partial charge is 0.382 e. The van der Waals surface area contributed by atoms with Crippen LogP contribution in [0.1, 0.15) is 27.7 Å². The van der Waals surface area contributed by atoms with Gasteiger partial charge in [-0.2, -0.15) is 5.10 Å². The zero-order valence-corrected chi connectivity index (χ0v) is 8.91. The maximum Gasteiger partial charge on any atom is 0.145 e. The third kappa shape index (κ3) is 2.47. The van der Waals surface area contributed by atoms with Crippen molar-refractivity contribution >= 4 is 5.82 Å². The van der Waals surface area contributed by atoms with E-state index in [1.807, 2.05) is 16.9 Å². The molecule has 0 radical (unpaired) electrons. The smallest absolute Gasteiger partial charge is 0.145 e. The fourth-order valence-corrected chi connectivity index (χ4v) is 1.07. The van der Waals surface area contributed by atoms with Gasteiger partial charge in [0.15, 0.2) is 0 Å². The topological polar surface area (TPSA) is 43.8 Å². The van der Waals surface area contributed by atoms with Gasteiger partial charge in [0.05, 0.1) is 0 Å². The van der Waals surface area contributed by atoms with Crippen LogP contribution in [0.25, 0.3) is 0 Å². The molecule has 0 saturated carbocycles. The summed E-state index contributed by atoms with van der Waals surface area (Å²) in [6.07, 6.45) is 1.93. The number of hydrogen-bond acceptors (Lipinski definition) is 2. The molecule has 3 heteroatoms. The molecule has 0 unspecified atom stereocenters. The Labute approximate surface area is 79.9 Å². The normalized spacial score (nSPS) is 12.4. The Balaban J connectivity index is 2.68. The number of rotatable bonds is 3. The van der Waals surface area contributed by atoms with Crippen molar-refractivity contribution in [2.45, 2.75) is 34.2 Å². The molecule has 3 nitrogen and oxygen atoms in total. The summed E-state index contributed by atoms with van der Waals surface area (Å²) in [7, 11) is 0. The standard InChI is InChI=1S/C10H19N3/c1-8(2)10(3,4)7-13-6-5-9(11)12-13/h5-6,8H,7H2,1-4H3,(H2,11,12). The minimum absolute atomic E-state index is 0.262. The number of nitrogens with zero attached hydrogens (tertiary/aromatic N) is 2. The lowest BCUT2D eigenvalue weighted by molar-refractivity contribution is 0.201. The highest BCUT2D eigenvalue weighted by Crippen LogP contribution is 2.27. The Morgan fingerprint density at radius 2 is 2.15 bits per heavy atom. The summed E-state index contributed by atoms with van der Waals surface area (Å²) in [4.78, 5) is 0. The predicted molar refractivity (Wildman–Crippen MR) is 55.3 cm³/mol. The molecule has 0 spiro atoms. The second kappa shape index (κ2) is 3.40. The highest BCUT2D eigenvalue weighted by atomic mass is 15.3. The average molecular weight is 181 g/mol. The first-order valence-corrected chi connectivity index (χ1v) is 4.71. The molecule has 0 aromatic carbocycles. The zero-order valence-electron chi connectivity index (χ0n) is 8.91. The summed E-state index contributed by atoms with van der Waals surface area (Å²) in [5, 5.41) is 4.17. The van der Waals surface area contributed by atoms with Gasteiger partial charge >= 0.3 is 0 Å². The van der Waals surface area contributed by atoms with Gasteiger partial charge in [-0.05, 0) is 17.4 Å². The van der Waals surface area contributed by atoms with E-state index in [9.17, 15) is 0 Å². The number of nitrogen functional groups attached to an aromatic ring is 1. The van der Waals surface area contributed by atoms with E-state index in [-0.39, 0.29) is 5.41 Å². The number of hydrogen-bond donors (Lipinski definition) is 1. The van der Waals surface area contributed by atoms with Crippen LogP contribution in [0.15, 0.2) is 12.3 Å². The van der Waals surface area contributed by atoms with Gasteiger partial charge in [0.1, 0.15) is 5.82 Å². The second-order valence-electron chi connectivity index (χ2n) is 4.58. The average Bonchev–Trinajstić information content (AvgIpc) is 2.34. The molecule has 0 fully saturated rings. The van der Waals surface area contributed by atoms with Crippen molar-refractivity contribution in [2.75, 3.05) is 5.73 Å². The van der Waals surface area contributed by atoms with Crippen LogP contribution in [0.3, 0.4) is 0 Å². The summed E-state index contributed by atoms with van der Waals surface area (Å²) >= 11 is 0. The Morgan fingerprint density at radius 1 is 1.54 bits per heavy atom. The van der Waals surface area contributed by atoms with E-state index in [1.165, 1.54) is 0 Å². The number of aromatic nitrogens is 2. The highest BCUT2D eigenvalue weighted by molar-refractivity contribution is 5.23. The minimum atomic E-state index is 0.262. The molecule has 13 heavy (non-hydrogen) atoms. The Bertz CT molecular complexity index is 273. The van der Waals surface area contributed by atoms with Crippen molar-refractivity contribution < 1.29 is 0 Å². The Morgan fingerprint density at radius 3 is 2.54 bits per heavy atom. The maximum absolute atomic E-state index is 5.54. The van der Waals surface area contributed by atoms with Crippen LogP contribution in [0.5, 0.6) is 0 Å². The summed E-state index contributed by atoms with van der Waals surface area (Å²) in [5.41, 5.74) is 5.80. The molecule has 0 bridgehead atoms. The lowest BCUT2D eigenvalue weighted by Crippen LogP contribution is -2.25. The lowest BCUT2D eigenvalue weighted by Gasteiger charge is -2.28. The Hall–Kier alpha value is -0.990. The molecular formula is C10H19N3. The summed E-state index contributed by atoms with van der Waals surface area (Å²) < 4.78 is 1.91. The van der Waals surface area contributed by atoms with Gasteiger partial charge in [-0.15, -0.1) is 0 Å². The quantitative estimate of drug-likeness (QED) is 0.776. The van der Waals surface area contributed by atoms with Gasteiger partial charge in [0.2, 0.25) is 0 Å². The van der Waals surface area contributed by atoms with E-state index in [2.05, 4.69) is 32.8 Å². The van der Waals surface area contributed by atoms with E-state index < -0.39 is 0 Å². The molecule has 1 aromatic rings. The van der Waals surface area contributed by atoms with Gasteiger partial charge in [-0.1, -0.05) is 27.7 Å². The van der Waals surface area contributed by atoms with E-state index in [4.69, 9.17) is 5.73 Å². The van der Waals surface area contributed by atoms with Gasteiger partial charge in [-0.25, -0.2) is 0 Å². The molecule has 0 aliphatic carbocycles. The van der Waals surface area contributed by atoms with Crippen LogP contribution in [0.2, 0.25) is 0 Å². The predicted octanol–water partition coefficient (Wildman–Crippen LogP) is 2.15. The molecule has 74 valence electrons. The van der Waals surface area contributed by atoms with E-state index in [1.54, 1.807) is 0 Å². The second-order valence-corrected chi connectivity index (χ2v) is 4.58. The molecule has 1 aromatic heterocycles. The fraction of sp³-hybridized carbons (Fsp3) is 0.700. The van der Waals surface area contributed by atoms with Gasteiger partial charge in [-0.3, -0.25) is 4.68 Å². The van der Waals surface area contributed by atoms with Crippen LogP contribution >= 0.6 is 0 Å². The van der Waals surface area contributed by atoms with E-state index in [0.717, 1.165) is 6.54 Å².